The van der Waals surface area contributed by atoms with Crippen LogP contribution in [-0.2, 0) is 9.59 Å². The first-order chi connectivity index (χ1) is 25.6. The van der Waals surface area contributed by atoms with Crippen LogP contribution in [0.15, 0.2) is 143 Å². The zero-order valence-electron chi connectivity index (χ0n) is 27.4. The van der Waals surface area contributed by atoms with Crippen LogP contribution in [0.25, 0.3) is 17.3 Å². The third-order valence-corrected chi connectivity index (χ3v) is 10.1. The second-order valence-electron chi connectivity index (χ2n) is 11.3. The molecule has 3 N–H and O–H groups in total. The highest BCUT2D eigenvalue weighted by Crippen LogP contribution is 2.38. The maximum Gasteiger partial charge on any atom is 0.272 e. The minimum absolute atomic E-state index is 0.0880. The molecule has 1 atom stereocenters. The number of nitrogens with one attached hydrogen (secondary N) is 3. The second-order valence-corrected chi connectivity index (χ2v) is 14.1. The number of hydrogen-bond acceptors (Lipinski definition) is 8. The molecule has 53 heavy (non-hydrogen) atoms. The summed E-state index contributed by atoms with van der Waals surface area (Å²) < 4.78 is 0. The van der Waals surface area contributed by atoms with Crippen LogP contribution in [0.1, 0.15) is 26.7 Å². The van der Waals surface area contributed by atoms with Crippen LogP contribution in [0.3, 0.4) is 0 Å². The molecular weight excluding hydrogens is 753 g/mol. The van der Waals surface area contributed by atoms with Gasteiger partial charge in [0.05, 0.1) is 15.6 Å². The van der Waals surface area contributed by atoms with Crippen molar-refractivity contribution in [2.24, 2.45) is 0 Å². The van der Waals surface area contributed by atoms with Crippen molar-refractivity contribution in [3.63, 3.8) is 0 Å². The van der Waals surface area contributed by atoms with Crippen LogP contribution in [0, 0.1) is 10.1 Å². The first kappa shape index (κ1) is 37.0. The molecule has 0 fully saturated rings. The van der Waals surface area contributed by atoms with E-state index in [1.165, 1.54) is 53.4 Å². The number of benzene rings is 5. The predicted octanol–water partition coefficient (Wildman–Crippen LogP) is 9.91. The molecule has 264 valence electrons. The molecule has 6 rings (SSSR count). The summed E-state index contributed by atoms with van der Waals surface area (Å²) in [5.41, 5.74) is 3.03. The van der Waals surface area contributed by atoms with Gasteiger partial charge < -0.3 is 16.0 Å². The van der Waals surface area contributed by atoms with Crippen molar-refractivity contribution in [3.05, 3.63) is 175 Å². The fourth-order valence-electron chi connectivity index (χ4n) is 5.01. The van der Waals surface area contributed by atoms with Gasteiger partial charge in [-0.1, -0.05) is 77.8 Å². The minimum Gasteiger partial charge on any atom is -0.321 e. The van der Waals surface area contributed by atoms with Crippen LogP contribution in [-0.4, -0.2) is 27.6 Å². The molecule has 0 radical (unpaired) electrons. The molecule has 0 spiro atoms. The normalized spacial score (nSPS) is 11.7. The monoisotopic (exact) mass is 779 g/mol. The maximum absolute atomic E-state index is 13.8. The largest absolute Gasteiger partial charge is 0.321 e. The molecule has 5 aromatic carbocycles. The molecule has 0 bridgehead atoms. The summed E-state index contributed by atoms with van der Waals surface area (Å²) in [6.45, 7) is 0. The smallest absolute Gasteiger partial charge is 0.272 e. The lowest BCUT2D eigenvalue weighted by molar-refractivity contribution is -0.384. The van der Waals surface area contributed by atoms with E-state index in [-0.39, 0.29) is 17.3 Å². The molecule has 0 saturated heterocycles. The molecule has 6 aromatic rings. The van der Waals surface area contributed by atoms with Crippen molar-refractivity contribution < 1.29 is 19.3 Å². The molecule has 14 heteroatoms. The van der Waals surface area contributed by atoms with Gasteiger partial charge in [-0.05, 0) is 77.9 Å². The number of carbonyl (C=O) groups excluding carboxylic acids is 3. The zero-order valence-corrected chi connectivity index (χ0v) is 30.5. The third-order valence-electron chi connectivity index (χ3n) is 7.57. The van der Waals surface area contributed by atoms with Gasteiger partial charge in [0, 0.05) is 44.2 Å². The van der Waals surface area contributed by atoms with Crippen LogP contribution in [0.2, 0.25) is 10.0 Å². The zero-order chi connectivity index (χ0) is 37.3. The first-order valence-electron chi connectivity index (χ1n) is 15.8. The molecule has 1 unspecified atom stereocenters. The Morgan fingerprint density at radius 2 is 1.55 bits per heavy atom. The Morgan fingerprint density at radius 3 is 2.25 bits per heavy atom. The van der Waals surface area contributed by atoms with Crippen LogP contribution in [0.4, 0.5) is 16.5 Å². The molecule has 0 aliphatic heterocycles. The Balaban J connectivity index is 1.22. The number of hydrogen-bond donors (Lipinski definition) is 3. The van der Waals surface area contributed by atoms with E-state index in [0.29, 0.717) is 48.1 Å². The number of rotatable bonds is 12. The number of anilines is 2. The van der Waals surface area contributed by atoms with Crippen molar-refractivity contribution in [3.8, 4) is 11.3 Å². The Bertz CT molecular complexity index is 2320. The number of amides is 3. The Hall–Kier alpha value is -5.79. The molecule has 1 aromatic heterocycles. The fraction of sp³-hybridized carbons (Fsp3) is 0.0256. The van der Waals surface area contributed by atoms with E-state index in [2.05, 4.69) is 20.9 Å². The van der Waals surface area contributed by atoms with Gasteiger partial charge in [-0.25, -0.2) is 4.98 Å². The lowest BCUT2D eigenvalue weighted by Gasteiger charge is -2.17. The molecule has 10 nitrogen and oxygen atoms in total. The number of halogens is 2. The number of thioether (sulfide) groups is 1. The Kier molecular flexibility index (Phi) is 12.0. The second kappa shape index (κ2) is 17.2. The Labute approximate surface area is 322 Å². The first-order valence-corrected chi connectivity index (χ1v) is 18.3. The molecule has 0 saturated carbocycles. The highest BCUT2D eigenvalue weighted by atomic mass is 35.5. The van der Waals surface area contributed by atoms with Crippen LogP contribution >= 0.6 is 46.3 Å². The van der Waals surface area contributed by atoms with Crippen molar-refractivity contribution in [1.29, 1.82) is 0 Å². The molecular formula is C39H27Cl2N5O5S2. The summed E-state index contributed by atoms with van der Waals surface area (Å²) in [6, 6.07) is 35.3. The number of aromatic nitrogens is 1. The van der Waals surface area contributed by atoms with Gasteiger partial charge in [-0.3, -0.25) is 24.5 Å². The lowest BCUT2D eigenvalue weighted by atomic mass is 10.1. The number of nitrogens with zero attached hydrogens (tertiary/aromatic N) is 2. The van der Waals surface area contributed by atoms with Gasteiger partial charge in [0.15, 0.2) is 5.13 Å². The highest BCUT2D eigenvalue weighted by Gasteiger charge is 2.24. The summed E-state index contributed by atoms with van der Waals surface area (Å²) >= 11 is 15.0. The highest BCUT2D eigenvalue weighted by molar-refractivity contribution is 8.00. The van der Waals surface area contributed by atoms with E-state index in [1.807, 2.05) is 36.4 Å². The summed E-state index contributed by atoms with van der Waals surface area (Å²) in [6.07, 6.45) is 1.43. The van der Waals surface area contributed by atoms with E-state index < -0.39 is 22.0 Å². The van der Waals surface area contributed by atoms with Gasteiger partial charge in [0.1, 0.15) is 10.9 Å². The van der Waals surface area contributed by atoms with Crippen LogP contribution in [0.5, 0.6) is 0 Å². The molecule has 1 heterocycles. The van der Waals surface area contributed by atoms with Crippen molar-refractivity contribution in [1.82, 2.24) is 10.3 Å². The SMILES string of the molecule is O=C(Nc1cccc(SC(C(=O)Nc2nc(-c3ccc(Cl)cc3Cl)cs2)c2ccccc2)c1)/C(=C\c1ccc([N+](=O)[O-])cc1)NC(=O)c1ccccc1. The van der Waals surface area contributed by atoms with Crippen LogP contribution < -0.4 is 16.0 Å². The van der Waals surface area contributed by atoms with Gasteiger partial charge in [0.2, 0.25) is 5.91 Å². The summed E-state index contributed by atoms with van der Waals surface area (Å²) in [4.78, 5) is 56.4. The van der Waals surface area contributed by atoms with Gasteiger partial charge in [-0.15, -0.1) is 23.1 Å². The average molecular weight is 781 g/mol. The molecule has 0 aliphatic carbocycles. The van der Waals surface area contributed by atoms with E-state index >= 15 is 0 Å². The van der Waals surface area contributed by atoms with Gasteiger partial charge >= 0.3 is 0 Å². The number of nitro groups is 1. The summed E-state index contributed by atoms with van der Waals surface area (Å²) in [7, 11) is 0. The number of nitro benzene ring substituents is 1. The van der Waals surface area contributed by atoms with Crippen molar-refractivity contribution in [2.45, 2.75) is 10.1 Å². The lowest BCUT2D eigenvalue weighted by Crippen LogP contribution is -2.30. The van der Waals surface area contributed by atoms with Crippen molar-refractivity contribution >= 4 is 86.6 Å². The van der Waals surface area contributed by atoms with E-state index in [9.17, 15) is 24.5 Å². The minimum atomic E-state index is -0.698. The number of non-ortho nitro benzene ring substituents is 1. The predicted molar refractivity (Wildman–Crippen MR) is 211 cm³/mol. The fourth-order valence-corrected chi connectivity index (χ4v) is 7.31. The van der Waals surface area contributed by atoms with Gasteiger partial charge in [-0.2, -0.15) is 0 Å². The molecule has 0 aliphatic rings. The third kappa shape index (κ3) is 9.76. The van der Waals surface area contributed by atoms with E-state index in [4.69, 9.17) is 23.2 Å². The Morgan fingerprint density at radius 1 is 0.830 bits per heavy atom. The maximum atomic E-state index is 13.8. The summed E-state index contributed by atoms with van der Waals surface area (Å²) in [5.74, 6) is -1.46. The quantitative estimate of drug-likeness (QED) is 0.0486. The molecule has 3 amide bonds. The van der Waals surface area contributed by atoms with E-state index in [0.717, 1.165) is 5.56 Å². The van der Waals surface area contributed by atoms with Crippen molar-refractivity contribution in [2.75, 3.05) is 10.6 Å². The average Bonchev–Trinajstić information content (AvgIpc) is 3.62. The number of thiazole rings is 1. The van der Waals surface area contributed by atoms with E-state index in [1.54, 1.807) is 72.1 Å². The standard InChI is InChI=1S/C39H27Cl2N5O5S2/c40-27-16-19-31(32(41)21-27)34-23-52-39(44-34)45-38(49)35(25-8-3-1-4-9-25)53-30-13-7-12-28(22-30)42-37(48)33(43-36(47)26-10-5-2-6-11-26)20-24-14-17-29(18-15-24)46(50)51/h1-23,35H,(H,42,48)(H,43,47)(H,44,45,49)/b33-20+. The number of carbonyl (C=O) groups is 3. The topological polar surface area (TPSA) is 143 Å². The van der Waals surface area contributed by atoms with Gasteiger partial charge in [0.25, 0.3) is 17.5 Å². The summed E-state index contributed by atoms with van der Waals surface area (Å²) in [5, 5.41) is 22.0.